The fraction of sp³-hybridized carbons (Fsp3) is 0.179. The van der Waals surface area contributed by atoms with E-state index in [1.54, 1.807) is 17.2 Å². The van der Waals surface area contributed by atoms with Crippen molar-refractivity contribution in [2.24, 2.45) is 5.92 Å². The van der Waals surface area contributed by atoms with Crippen LogP contribution in [0.15, 0.2) is 79.1 Å². The quantitative estimate of drug-likeness (QED) is 0.320. The molecule has 1 aliphatic rings. The first-order valence-corrected chi connectivity index (χ1v) is 12.0. The molecule has 2 heterocycles. The number of hydrogen-bond donors (Lipinski definition) is 3. The topological polar surface area (TPSA) is 103 Å². The number of aromatic amines is 1. The molecule has 1 saturated carbocycles. The number of rotatable bonds is 7. The summed E-state index contributed by atoms with van der Waals surface area (Å²) in [6.45, 7) is 0.0246. The molecule has 3 aromatic carbocycles. The number of H-pyrrole nitrogens is 1. The van der Waals surface area contributed by atoms with Crippen LogP contribution in [0.4, 0.5) is 11.4 Å². The van der Waals surface area contributed by atoms with Gasteiger partial charge in [-0.1, -0.05) is 0 Å². The molecular weight excluding hydrogens is 454 g/mol. The zero-order chi connectivity index (χ0) is 24.6. The molecule has 6 rings (SSSR count). The summed E-state index contributed by atoms with van der Waals surface area (Å²) in [5.74, 6) is 0.0558. The highest BCUT2D eigenvalue weighted by Gasteiger charge is 2.29. The van der Waals surface area contributed by atoms with Crippen molar-refractivity contribution < 1.29 is 14.7 Å². The second-order valence-corrected chi connectivity index (χ2v) is 9.07. The number of fused-ring (bicyclic) bond motifs is 2. The van der Waals surface area contributed by atoms with E-state index in [9.17, 15) is 14.7 Å². The lowest BCUT2D eigenvalue weighted by Crippen LogP contribution is -2.33. The highest BCUT2D eigenvalue weighted by Crippen LogP contribution is 2.30. The molecule has 3 N–H and O–H groups in total. The Kier molecular flexibility index (Phi) is 5.50. The van der Waals surface area contributed by atoms with Crippen LogP contribution in [0.1, 0.15) is 23.2 Å². The summed E-state index contributed by atoms with van der Waals surface area (Å²) in [6, 6.07) is 20.7. The van der Waals surface area contributed by atoms with Gasteiger partial charge in [0.05, 0.1) is 24.0 Å². The fourth-order valence-electron chi connectivity index (χ4n) is 4.46. The van der Waals surface area contributed by atoms with Gasteiger partial charge < -0.3 is 20.3 Å². The van der Waals surface area contributed by atoms with Crippen LogP contribution in [0.25, 0.3) is 27.5 Å². The highest BCUT2D eigenvalue weighted by molar-refractivity contribution is 6.08. The average Bonchev–Trinajstić information content (AvgIpc) is 3.51. The molecule has 36 heavy (non-hydrogen) atoms. The van der Waals surface area contributed by atoms with Gasteiger partial charge in [0.2, 0.25) is 5.91 Å². The Labute approximate surface area is 207 Å². The Morgan fingerprint density at radius 2 is 1.86 bits per heavy atom. The van der Waals surface area contributed by atoms with Crippen molar-refractivity contribution in [2.75, 3.05) is 23.4 Å². The van der Waals surface area contributed by atoms with Crippen molar-refractivity contribution in [1.29, 1.82) is 0 Å². The molecule has 0 saturated heterocycles. The molecule has 1 fully saturated rings. The molecule has 8 heteroatoms. The molecule has 2 amide bonds. The van der Waals surface area contributed by atoms with Crippen LogP contribution in [0.2, 0.25) is 0 Å². The zero-order valence-electron chi connectivity index (χ0n) is 19.5. The minimum Gasteiger partial charge on any atom is -0.395 e. The number of amides is 2. The van der Waals surface area contributed by atoms with E-state index in [2.05, 4.69) is 15.4 Å². The van der Waals surface area contributed by atoms with E-state index in [4.69, 9.17) is 0 Å². The fourth-order valence-corrected chi connectivity index (χ4v) is 4.46. The standard InChI is InChI=1S/C28H25N5O3/c34-14-13-32(28(36)20-3-9-25-19(15-20)11-12-29-25)24-8-10-26-21(16-24)17-30-33(26)23-6-4-22(5-7-23)31-27(35)18-1-2-18/h3-12,15-18,29,34H,1-2,13-14H2,(H,31,35). The van der Waals surface area contributed by atoms with Crippen LogP contribution in [0, 0.1) is 5.92 Å². The van der Waals surface area contributed by atoms with Gasteiger partial charge in [-0.15, -0.1) is 0 Å². The summed E-state index contributed by atoms with van der Waals surface area (Å²) in [4.78, 5) is 30.1. The molecule has 0 atom stereocenters. The van der Waals surface area contributed by atoms with Gasteiger partial charge in [-0.3, -0.25) is 9.59 Å². The second-order valence-electron chi connectivity index (χ2n) is 9.07. The van der Waals surface area contributed by atoms with Crippen LogP contribution >= 0.6 is 0 Å². The summed E-state index contributed by atoms with van der Waals surface area (Å²) < 4.78 is 1.82. The van der Waals surface area contributed by atoms with Gasteiger partial charge in [-0.2, -0.15) is 5.10 Å². The van der Waals surface area contributed by atoms with Gasteiger partial charge in [0, 0.05) is 51.9 Å². The maximum Gasteiger partial charge on any atom is 0.258 e. The summed E-state index contributed by atoms with van der Waals surface area (Å²) in [5, 5.41) is 19.0. The van der Waals surface area contributed by atoms with Crippen molar-refractivity contribution in [3.8, 4) is 5.69 Å². The first kappa shape index (κ1) is 22.1. The van der Waals surface area contributed by atoms with Gasteiger partial charge in [0.15, 0.2) is 0 Å². The lowest BCUT2D eigenvalue weighted by Gasteiger charge is -2.22. The third-order valence-electron chi connectivity index (χ3n) is 6.56. The first-order valence-electron chi connectivity index (χ1n) is 12.0. The normalized spacial score (nSPS) is 13.2. The van der Waals surface area contributed by atoms with E-state index in [0.717, 1.165) is 46.0 Å². The molecule has 0 aliphatic heterocycles. The largest absolute Gasteiger partial charge is 0.395 e. The molecule has 0 spiro atoms. The molecular formula is C28H25N5O3. The van der Waals surface area contributed by atoms with Crippen LogP contribution in [0.3, 0.4) is 0 Å². The van der Waals surface area contributed by atoms with Crippen LogP contribution in [0.5, 0.6) is 0 Å². The van der Waals surface area contributed by atoms with E-state index in [-0.39, 0.29) is 30.9 Å². The van der Waals surface area contributed by atoms with Crippen LogP contribution < -0.4 is 10.2 Å². The highest BCUT2D eigenvalue weighted by atomic mass is 16.3. The Balaban J connectivity index is 1.27. The summed E-state index contributed by atoms with van der Waals surface area (Å²) in [5.41, 5.74) is 4.73. The molecule has 8 nitrogen and oxygen atoms in total. The van der Waals surface area contributed by atoms with Gasteiger partial charge in [0.25, 0.3) is 5.91 Å². The Bertz CT molecular complexity index is 1580. The van der Waals surface area contributed by atoms with Crippen LogP contribution in [-0.4, -0.2) is 44.8 Å². The van der Waals surface area contributed by atoms with Crippen molar-refractivity contribution in [1.82, 2.24) is 14.8 Å². The minimum atomic E-state index is -0.178. The van der Waals surface area contributed by atoms with E-state index in [1.165, 1.54) is 0 Å². The number of aromatic nitrogens is 3. The maximum atomic E-state index is 13.4. The summed E-state index contributed by atoms with van der Waals surface area (Å²) >= 11 is 0. The summed E-state index contributed by atoms with van der Waals surface area (Å²) in [6.07, 6.45) is 5.53. The predicted octanol–water partition coefficient (Wildman–Crippen LogP) is 4.49. The molecule has 180 valence electrons. The number of nitrogens with one attached hydrogen (secondary N) is 2. The minimum absolute atomic E-state index is 0.0785. The molecule has 5 aromatic rings. The number of aliphatic hydroxyl groups excluding tert-OH is 1. The van der Waals surface area contributed by atoms with Crippen molar-refractivity contribution in [3.05, 3.63) is 84.7 Å². The number of aliphatic hydroxyl groups is 1. The Morgan fingerprint density at radius 1 is 1.03 bits per heavy atom. The lowest BCUT2D eigenvalue weighted by atomic mass is 10.1. The van der Waals surface area contributed by atoms with E-state index >= 15 is 0 Å². The third kappa shape index (κ3) is 4.12. The predicted molar refractivity (Wildman–Crippen MR) is 139 cm³/mol. The Morgan fingerprint density at radius 3 is 2.64 bits per heavy atom. The molecule has 1 aliphatic carbocycles. The van der Waals surface area contributed by atoms with Gasteiger partial charge in [0.1, 0.15) is 0 Å². The second kappa shape index (κ2) is 8.98. The number of carbonyl (C=O) groups is 2. The maximum absolute atomic E-state index is 13.4. The van der Waals surface area contributed by atoms with Crippen LogP contribution in [-0.2, 0) is 4.79 Å². The van der Waals surface area contributed by atoms with Crippen molar-refractivity contribution in [2.45, 2.75) is 12.8 Å². The third-order valence-corrected chi connectivity index (χ3v) is 6.56. The smallest absolute Gasteiger partial charge is 0.258 e. The van der Waals surface area contributed by atoms with E-state index in [0.29, 0.717) is 11.3 Å². The van der Waals surface area contributed by atoms with Crippen molar-refractivity contribution in [3.63, 3.8) is 0 Å². The average molecular weight is 480 g/mol. The number of benzene rings is 3. The monoisotopic (exact) mass is 479 g/mol. The molecule has 0 unspecified atom stereocenters. The molecule has 2 aromatic heterocycles. The van der Waals surface area contributed by atoms with Gasteiger partial charge in [-0.25, -0.2) is 4.68 Å². The Hall–Kier alpha value is -4.43. The van der Waals surface area contributed by atoms with Crippen molar-refractivity contribution >= 4 is 45.0 Å². The van der Waals surface area contributed by atoms with Gasteiger partial charge >= 0.3 is 0 Å². The van der Waals surface area contributed by atoms with E-state index < -0.39 is 0 Å². The lowest BCUT2D eigenvalue weighted by molar-refractivity contribution is -0.117. The molecule has 0 radical (unpaired) electrons. The number of anilines is 2. The zero-order valence-corrected chi connectivity index (χ0v) is 19.5. The molecule has 0 bridgehead atoms. The summed E-state index contributed by atoms with van der Waals surface area (Å²) in [7, 11) is 0. The SMILES string of the molecule is O=C(Nc1ccc(-n2ncc3cc(N(CCO)C(=O)c4ccc5[nH]ccc5c4)ccc32)cc1)C1CC1. The van der Waals surface area contributed by atoms with Gasteiger partial charge in [-0.05, 0) is 79.6 Å². The van der Waals surface area contributed by atoms with E-state index in [1.807, 2.05) is 71.5 Å². The first-order chi connectivity index (χ1) is 17.6. The number of carbonyl (C=O) groups excluding carboxylic acids is 2. The number of nitrogens with zero attached hydrogens (tertiary/aromatic N) is 3. The number of hydrogen-bond acceptors (Lipinski definition) is 4.